The average Bonchev–Trinajstić information content (AvgIpc) is 3.04. The highest BCUT2D eigenvalue weighted by atomic mass is 16.3. The van der Waals surface area contributed by atoms with E-state index in [9.17, 15) is 9.90 Å². The van der Waals surface area contributed by atoms with Gasteiger partial charge in [-0.25, -0.2) is 0 Å². The van der Waals surface area contributed by atoms with Gasteiger partial charge in [-0.3, -0.25) is 0 Å². The van der Waals surface area contributed by atoms with Crippen LogP contribution in [0.15, 0.2) is 22.8 Å². The molecule has 0 aromatic heterocycles. The maximum atomic E-state index is 13.1. The van der Waals surface area contributed by atoms with E-state index in [-0.39, 0.29) is 27.8 Å². The lowest BCUT2D eigenvalue weighted by atomic mass is 9.43. The average molecular weight is 441 g/mol. The van der Waals surface area contributed by atoms with Crippen molar-refractivity contribution >= 4 is 6.29 Å². The standard InChI is InChI=1S/C30H48O2/c1-20(2)9-8-10-21(3)22-14-18-30(19-31)24-11-12-25-27(4,5)26(32)15-16-28(25,6)23(24)13-17-29(22,30)7/h9,19,21-22,25-26,32H,8,10-18H2,1-7H3/t21-,22-,25+,26+,28-,29-,30-/m1/s1. The first-order chi connectivity index (χ1) is 14.9. The van der Waals surface area contributed by atoms with Gasteiger partial charge in [0, 0.05) is 0 Å². The molecule has 32 heavy (non-hydrogen) atoms. The van der Waals surface area contributed by atoms with Crippen LogP contribution in [-0.2, 0) is 4.79 Å². The van der Waals surface area contributed by atoms with Gasteiger partial charge in [0.1, 0.15) is 6.29 Å². The Hall–Kier alpha value is -0.890. The van der Waals surface area contributed by atoms with E-state index in [0.717, 1.165) is 51.4 Å². The maximum absolute atomic E-state index is 13.1. The fraction of sp³-hybridized carbons (Fsp3) is 0.833. The fourth-order valence-electron chi connectivity index (χ4n) is 9.42. The lowest BCUT2D eigenvalue weighted by Gasteiger charge is -2.61. The SMILES string of the molecule is CC(C)=CCC[C@@H](C)[C@H]1CC[C@@]2(C=O)C3=C(CC[C@]12C)[C@@]1(C)CC[C@H](O)C(C)(C)[C@@H]1CC3. The zero-order chi connectivity index (χ0) is 23.5. The van der Waals surface area contributed by atoms with Crippen LogP contribution in [0.2, 0.25) is 0 Å². The smallest absolute Gasteiger partial charge is 0.130 e. The normalized spacial score (nSPS) is 43.7. The van der Waals surface area contributed by atoms with Crippen LogP contribution in [0.4, 0.5) is 0 Å². The first-order valence-electron chi connectivity index (χ1n) is 13.4. The van der Waals surface area contributed by atoms with E-state index in [1.807, 2.05) is 0 Å². The second-order valence-corrected chi connectivity index (χ2v) is 13.3. The van der Waals surface area contributed by atoms with Gasteiger partial charge in [-0.15, -0.1) is 0 Å². The van der Waals surface area contributed by atoms with Gasteiger partial charge in [0.15, 0.2) is 0 Å². The highest BCUT2D eigenvalue weighted by Gasteiger charge is 2.65. The second-order valence-electron chi connectivity index (χ2n) is 13.3. The first-order valence-corrected chi connectivity index (χ1v) is 13.4. The van der Waals surface area contributed by atoms with Crippen molar-refractivity contribution in [1.82, 2.24) is 0 Å². The lowest BCUT2D eigenvalue weighted by molar-refractivity contribution is -0.124. The number of aliphatic hydroxyl groups is 1. The first kappa shape index (κ1) is 24.2. The van der Waals surface area contributed by atoms with Crippen LogP contribution in [0.3, 0.4) is 0 Å². The molecule has 0 aromatic rings. The summed E-state index contributed by atoms with van der Waals surface area (Å²) in [5, 5.41) is 10.8. The Morgan fingerprint density at radius 1 is 1.03 bits per heavy atom. The van der Waals surface area contributed by atoms with Crippen molar-refractivity contribution in [3.05, 3.63) is 22.8 Å². The van der Waals surface area contributed by atoms with Crippen LogP contribution in [0.25, 0.3) is 0 Å². The summed E-state index contributed by atoms with van der Waals surface area (Å²) >= 11 is 0. The molecule has 0 aromatic carbocycles. The summed E-state index contributed by atoms with van der Waals surface area (Å²) in [6.45, 7) is 16.4. The highest BCUT2D eigenvalue weighted by Crippen LogP contribution is 2.72. The minimum Gasteiger partial charge on any atom is -0.393 e. The van der Waals surface area contributed by atoms with Crippen molar-refractivity contribution in [2.75, 3.05) is 0 Å². The molecular weight excluding hydrogens is 392 g/mol. The Morgan fingerprint density at radius 2 is 1.75 bits per heavy atom. The number of aldehydes is 1. The molecule has 0 radical (unpaired) electrons. The summed E-state index contributed by atoms with van der Waals surface area (Å²) in [6.07, 6.45) is 14.7. The quantitative estimate of drug-likeness (QED) is 0.352. The minimum absolute atomic E-state index is 0.0434. The van der Waals surface area contributed by atoms with Crippen LogP contribution in [-0.4, -0.2) is 17.5 Å². The lowest BCUT2D eigenvalue weighted by Crippen LogP contribution is -2.55. The van der Waals surface area contributed by atoms with Crippen molar-refractivity contribution in [2.24, 2.45) is 39.4 Å². The van der Waals surface area contributed by atoms with Gasteiger partial charge >= 0.3 is 0 Å². The number of aliphatic hydroxyl groups excluding tert-OH is 1. The maximum Gasteiger partial charge on any atom is 0.130 e. The molecule has 180 valence electrons. The third-order valence-electron chi connectivity index (χ3n) is 11.4. The summed E-state index contributed by atoms with van der Waals surface area (Å²) < 4.78 is 0. The molecule has 0 heterocycles. The van der Waals surface area contributed by atoms with E-state index in [2.05, 4.69) is 54.5 Å². The van der Waals surface area contributed by atoms with E-state index in [1.54, 1.807) is 11.1 Å². The summed E-state index contributed by atoms with van der Waals surface area (Å²) in [4.78, 5) is 13.1. The summed E-state index contributed by atoms with van der Waals surface area (Å²) in [6, 6.07) is 0. The zero-order valence-electron chi connectivity index (χ0n) is 21.9. The summed E-state index contributed by atoms with van der Waals surface area (Å²) in [7, 11) is 0. The third-order valence-corrected chi connectivity index (χ3v) is 11.4. The van der Waals surface area contributed by atoms with Crippen LogP contribution >= 0.6 is 0 Å². The molecule has 0 spiro atoms. The minimum atomic E-state index is -0.246. The molecule has 0 amide bonds. The van der Waals surface area contributed by atoms with E-state index >= 15 is 0 Å². The highest BCUT2D eigenvalue weighted by molar-refractivity contribution is 5.70. The van der Waals surface area contributed by atoms with Gasteiger partial charge in [0.05, 0.1) is 11.5 Å². The van der Waals surface area contributed by atoms with E-state index < -0.39 is 0 Å². The Balaban J connectivity index is 1.70. The van der Waals surface area contributed by atoms with Crippen LogP contribution in [0.1, 0.15) is 113 Å². The van der Waals surface area contributed by atoms with Crippen molar-refractivity contribution in [2.45, 2.75) is 119 Å². The molecule has 4 rings (SSSR count). The van der Waals surface area contributed by atoms with Gasteiger partial charge in [-0.1, -0.05) is 57.4 Å². The monoisotopic (exact) mass is 440 g/mol. The predicted molar refractivity (Wildman–Crippen MR) is 133 cm³/mol. The molecule has 4 aliphatic rings. The summed E-state index contributed by atoms with van der Waals surface area (Å²) in [5.41, 5.74) is 4.56. The fourth-order valence-corrected chi connectivity index (χ4v) is 9.42. The Labute approximate surface area is 197 Å². The number of fused-ring (bicyclic) bond motifs is 4. The topological polar surface area (TPSA) is 37.3 Å². The van der Waals surface area contributed by atoms with Crippen molar-refractivity contribution < 1.29 is 9.90 Å². The van der Waals surface area contributed by atoms with Gasteiger partial charge in [0.2, 0.25) is 0 Å². The molecule has 1 N–H and O–H groups in total. The molecule has 2 nitrogen and oxygen atoms in total. The molecule has 0 saturated heterocycles. The van der Waals surface area contributed by atoms with Crippen LogP contribution in [0.5, 0.6) is 0 Å². The van der Waals surface area contributed by atoms with Gasteiger partial charge in [-0.05, 0) is 112 Å². The molecule has 2 fully saturated rings. The molecule has 0 unspecified atom stereocenters. The number of allylic oxidation sites excluding steroid dienone is 4. The van der Waals surface area contributed by atoms with Gasteiger partial charge < -0.3 is 9.90 Å². The largest absolute Gasteiger partial charge is 0.393 e. The van der Waals surface area contributed by atoms with Gasteiger partial charge in [0.25, 0.3) is 0 Å². The van der Waals surface area contributed by atoms with E-state index in [1.165, 1.54) is 24.7 Å². The van der Waals surface area contributed by atoms with Crippen LogP contribution in [0, 0.1) is 39.4 Å². The molecular formula is C30H48O2. The Kier molecular flexibility index (Phi) is 6.14. The molecule has 4 aliphatic carbocycles. The second kappa shape index (κ2) is 8.10. The zero-order valence-corrected chi connectivity index (χ0v) is 21.9. The van der Waals surface area contributed by atoms with Crippen LogP contribution < -0.4 is 0 Å². The summed E-state index contributed by atoms with van der Waals surface area (Å²) in [5.74, 6) is 1.82. The number of hydrogen-bond acceptors (Lipinski definition) is 2. The predicted octanol–water partition coefficient (Wildman–Crippen LogP) is 7.66. The molecule has 0 aliphatic heterocycles. The molecule has 2 saturated carbocycles. The molecule has 7 atom stereocenters. The number of carbonyl (C=O) groups is 1. The molecule has 0 bridgehead atoms. The third kappa shape index (κ3) is 3.25. The van der Waals surface area contributed by atoms with Crippen molar-refractivity contribution in [1.29, 1.82) is 0 Å². The Bertz CT molecular complexity index is 815. The Morgan fingerprint density at radius 3 is 2.41 bits per heavy atom. The van der Waals surface area contributed by atoms with Crippen molar-refractivity contribution in [3.8, 4) is 0 Å². The number of carbonyl (C=O) groups excluding carboxylic acids is 1. The van der Waals surface area contributed by atoms with E-state index in [4.69, 9.17) is 0 Å². The number of hydrogen-bond donors (Lipinski definition) is 1. The van der Waals surface area contributed by atoms with Gasteiger partial charge in [-0.2, -0.15) is 0 Å². The molecule has 2 heteroatoms. The van der Waals surface area contributed by atoms with Crippen molar-refractivity contribution in [3.63, 3.8) is 0 Å². The van der Waals surface area contributed by atoms with E-state index in [0.29, 0.717) is 17.8 Å². The number of rotatable bonds is 5.